The summed E-state index contributed by atoms with van der Waals surface area (Å²) in [5.74, 6) is 2.57. The molecule has 2 heterocycles. The average molecular weight is 361 g/mol. The maximum atomic E-state index is 6.10. The molecule has 0 spiro atoms. The molecule has 0 bridgehead atoms. The Morgan fingerprint density at radius 1 is 1.19 bits per heavy atom. The predicted molar refractivity (Wildman–Crippen MR) is 104 cm³/mol. The molecule has 1 aliphatic rings. The van der Waals surface area contributed by atoms with E-state index in [2.05, 4.69) is 21.7 Å². The van der Waals surface area contributed by atoms with E-state index >= 15 is 0 Å². The van der Waals surface area contributed by atoms with Gasteiger partial charge >= 0.3 is 0 Å². The van der Waals surface area contributed by atoms with Gasteiger partial charge in [-0.3, -0.25) is 0 Å². The molecule has 3 rings (SSSR count). The molecule has 2 aromatic heterocycles. The lowest BCUT2D eigenvalue weighted by Crippen LogP contribution is -2.28. The third-order valence-electron chi connectivity index (χ3n) is 5.17. The van der Waals surface area contributed by atoms with Crippen molar-refractivity contribution in [3.05, 3.63) is 5.82 Å². The third-order valence-corrected chi connectivity index (χ3v) is 5.17. The highest BCUT2D eigenvalue weighted by molar-refractivity contribution is 5.88. The maximum absolute atomic E-state index is 6.10. The van der Waals surface area contributed by atoms with E-state index in [0.29, 0.717) is 29.2 Å². The van der Waals surface area contributed by atoms with E-state index in [1.54, 1.807) is 0 Å². The van der Waals surface area contributed by atoms with E-state index in [4.69, 9.17) is 21.2 Å². The second kappa shape index (κ2) is 8.20. The summed E-state index contributed by atoms with van der Waals surface area (Å²) in [6.45, 7) is 7.10. The van der Waals surface area contributed by atoms with Crippen LogP contribution in [-0.2, 0) is 13.0 Å². The molecule has 0 aromatic carbocycles. The molecule has 4 N–H and O–H groups in total. The van der Waals surface area contributed by atoms with Crippen molar-refractivity contribution in [2.75, 3.05) is 5.73 Å². The SMILES string of the molecule is CCCCc1nc2c(N)nnc(OC(C)C)c2n1CC1CCC(N)CC1. The minimum absolute atomic E-state index is 0.0197. The topological polar surface area (TPSA) is 105 Å². The van der Waals surface area contributed by atoms with E-state index in [1.807, 2.05) is 13.8 Å². The molecular weight excluding hydrogens is 328 g/mol. The maximum Gasteiger partial charge on any atom is 0.260 e. The van der Waals surface area contributed by atoms with Crippen LogP contribution in [0.1, 0.15) is 65.1 Å². The molecule has 144 valence electrons. The van der Waals surface area contributed by atoms with Gasteiger partial charge in [0.05, 0.1) is 6.10 Å². The first-order valence-corrected chi connectivity index (χ1v) is 9.93. The van der Waals surface area contributed by atoms with E-state index in [-0.39, 0.29) is 6.10 Å². The van der Waals surface area contributed by atoms with Gasteiger partial charge in [0.25, 0.3) is 5.88 Å². The number of ether oxygens (including phenoxy) is 1. The normalized spacial score (nSPS) is 20.8. The number of fused-ring (bicyclic) bond motifs is 1. The van der Waals surface area contributed by atoms with Crippen LogP contribution >= 0.6 is 0 Å². The van der Waals surface area contributed by atoms with Gasteiger partial charge in [-0.25, -0.2) is 4.98 Å². The van der Waals surface area contributed by atoms with Crippen LogP contribution in [0.15, 0.2) is 0 Å². The fourth-order valence-electron chi connectivity index (χ4n) is 3.74. The van der Waals surface area contributed by atoms with Gasteiger partial charge < -0.3 is 20.8 Å². The molecule has 1 fully saturated rings. The lowest BCUT2D eigenvalue weighted by molar-refractivity contribution is 0.231. The Morgan fingerprint density at radius 3 is 2.58 bits per heavy atom. The zero-order valence-electron chi connectivity index (χ0n) is 16.2. The minimum atomic E-state index is 0.0197. The van der Waals surface area contributed by atoms with Crippen molar-refractivity contribution in [2.45, 2.75) is 84.4 Å². The highest BCUT2D eigenvalue weighted by atomic mass is 16.5. The number of aromatic nitrogens is 4. The fraction of sp³-hybridized carbons (Fsp3) is 0.737. The Kier molecular flexibility index (Phi) is 5.96. The summed E-state index contributed by atoms with van der Waals surface area (Å²) in [4.78, 5) is 4.83. The van der Waals surface area contributed by atoms with E-state index < -0.39 is 0 Å². The highest BCUT2D eigenvalue weighted by Crippen LogP contribution is 2.32. The lowest BCUT2D eigenvalue weighted by atomic mass is 9.86. The fourth-order valence-corrected chi connectivity index (χ4v) is 3.74. The van der Waals surface area contributed by atoms with E-state index in [9.17, 15) is 0 Å². The first-order valence-electron chi connectivity index (χ1n) is 9.93. The van der Waals surface area contributed by atoms with Crippen molar-refractivity contribution in [2.24, 2.45) is 11.7 Å². The Morgan fingerprint density at radius 2 is 1.92 bits per heavy atom. The number of hydrogen-bond acceptors (Lipinski definition) is 6. The number of anilines is 1. The monoisotopic (exact) mass is 360 g/mol. The predicted octanol–water partition coefficient (Wildman–Crippen LogP) is 3.06. The number of nitrogens with zero attached hydrogens (tertiary/aromatic N) is 4. The van der Waals surface area contributed by atoms with Crippen LogP contribution in [0.2, 0.25) is 0 Å². The summed E-state index contributed by atoms with van der Waals surface area (Å²) in [6.07, 6.45) is 7.68. The van der Waals surface area contributed by atoms with Gasteiger partial charge in [-0.1, -0.05) is 13.3 Å². The van der Waals surface area contributed by atoms with Gasteiger partial charge in [-0.2, -0.15) is 0 Å². The minimum Gasteiger partial charge on any atom is -0.472 e. The Bertz CT molecular complexity index is 733. The third kappa shape index (κ3) is 4.09. The molecule has 1 saturated carbocycles. The zero-order valence-corrected chi connectivity index (χ0v) is 16.2. The molecule has 0 unspecified atom stereocenters. The van der Waals surface area contributed by atoms with Gasteiger partial charge in [-0.05, 0) is 51.9 Å². The number of nitrogens with two attached hydrogens (primary N) is 2. The molecule has 0 aliphatic heterocycles. The average Bonchev–Trinajstić information content (AvgIpc) is 2.97. The number of aryl methyl sites for hydroxylation is 1. The summed E-state index contributed by atoms with van der Waals surface area (Å²) in [6, 6.07) is 0.353. The Hall–Kier alpha value is -1.89. The standard InChI is InChI=1S/C19H32N6O/c1-4-5-6-15-22-16-17(19(26-12(2)3)24-23-18(16)21)25(15)11-13-7-9-14(20)10-8-13/h12-14H,4-11,20H2,1-3H3,(H2,21,23). The molecule has 0 radical (unpaired) electrons. The van der Waals surface area contributed by atoms with Gasteiger partial charge in [0.1, 0.15) is 16.9 Å². The zero-order chi connectivity index (χ0) is 18.7. The van der Waals surface area contributed by atoms with Crippen LogP contribution < -0.4 is 16.2 Å². The summed E-state index contributed by atoms with van der Waals surface area (Å²) >= 11 is 0. The number of imidazole rings is 1. The van der Waals surface area contributed by atoms with Crippen LogP contribution in [0.5, 0.6) is 5.88 Å². The molecule has 0 saturated heterocycles. The quantitative estimate of drug-likeness (QED) is 0.786. The van der Waals surface area contributed by atoms with Crippen LogP contribution in [0, 0.1) is 5.92 Å². The first-order chi connectivity index (χ1) is 12.5. The molecular formula is C19H32N6O. The first kappa shape index (κ1) is 18.9. The summed E-state index contributed by atoms with van der Waals surface area (Å²) in [7, 11) is 0. The number of rotatable bonds is 7. The smallest absolute Gasteiger partial charge is 0.260 e. The second-order valence-corrected chi connectivity index (χ2v) is 7.78. The van der Waals surface area contributed by atoms with Crippen LogP contribution in [0.4, 0.5) is 5.82 Å². The lowest BCUT2D eigenvalue weighted by Gasteiger charge is -2.27. The number of hydrogen-bond donors (Lipinski definition) is 2. The van der Waals surface area contributed by atoms with Crippen molar-refractivity contribution in [1.29, 1.82) is 0 Å². The Labute approximate surface area is 155 Å². The number of unbranched alkanes of at least 4 members (excludes halogenated alkanes) is 1. The largest absolute Gasteiger partial charge is 0.472 e. The summed E-state index contributed by atoms with van der Waals surface area (Å²) in [5.41, 5.74) is 13.8. The van der Waals surface area contributed by atoms with E-state index in [1.165, 1.54) is 0 Å². The number of nitrogen functional groups attached to an aromatic ring is 1. The van der Waals surface area contributed by atoms with Crippen LogP contribution in [0.3, 0.4) is 0 Å². The molecule has 2 aromatic rings. The van der Waals surface area contributed by atoms with Crippen molar-refractivity contribution >= 4 is 16.9 Å². The summed E-state index contributed by atoms with van der Waals surface area (Å²) < 4.78 is 8.22. The van der Waals surface area contributed by atoms with Crippen molar-refractivity contribution in [3.8, 4) is 5.88 Å². The van der Waals surface area contributed by atoms with Crippen molar-refractivity contribution in [1.82, 2.24) is 19.7 Å². The molecule has 26 heavy (non-hydrogen) atoms. The van der Waals surface area contributed by atoms with Gasteiger partial charge in [-0.15, -0.1) is 10.2 Å². The van der Waals surface area contributed by atoms with E-state index in [0.717, 1.165) is 62.8 Å². The molecule has 7 heteroatoms. The second-order valence-electron chi connectivity index (χ2n) is 7.78. The van der Waals surface area contributed by atoms with Gasteiger partial charge in [0.2, 0.25) is 0 Å². The molecule has 0 atom stereocenters. The summed E-state index contributed by atoms with van der Waals surface area (Å²) in [5, 5.41) is 8.29. The van der Waals surface area contributed by atoms with Gasteiger partial charge in [0.15, 0.2) is 5.82 Å². The molecule has 1 aliphatic carbocycles. The van der Waals surface area contributed by atoms with Crippen molar-refractivity contribution < 1.29 is 4.74 Å². The molecule has 0 amide bonds. The Balaban J connectivity index is 2.02. The van der Waals surface area contributed by atoms with Crippen LogP contribution in [-0.4, -0.2) is 31.9 Å². The van der Waals surface area contributed by atoms with Crippen LogP contribution in [0.25, 0.3) is 11.0 Å². The van der Waals surface area contributed by atoms with Crippen molar-refractivity contribution in [3.63, 3.8) is 0 Å². The molecule has 7 nitrogen and oxygen atoms in total. The highest BCUT2D eigenvalue weighted by Gasteiger charge is 2.24. The van der Waals surface area contributed by atoms with Gasteiger partial charge in [0, 0.05) is 19.0 Å².